The molecule has 74 heavy (non-hydrogen) atoms. The Labute approximate surface area is 442 Å². The van der Waals surface area contributed by atoms with Gasteiger partial charge >= 0.3 is 0 Å². The molecule has 0 unspecified atom stereocenters. The zero-order chi connectivity index (χ0) is 52.1. The van der Waals surface area contributed by atoms with Gasteiger partial charge in [-0.2, -0.15) is 0 Å². The van der Waals surface area contributed by atoms with Crippen LogP contribution in [0, 0.1) is 27.7 Å². The van der Waals surface area contributed by atoms with Crippen LogP contribution in [0.3, 0.4) is 0 Å². The van der Waals surface area contributed by atoms with Crippen LogP contribution in [-0.4, -0.2) is 6.71 Å². The summed E-state index contributed by atoms with van der Waals surface area (Å²) >= 11 is 0. The van der Waals surface area contributed by atoms with Gasteiger partial charge in [0.1, 0.15) is 11.2 Å². The fourth-order valence-corrected chi connectivity index (χ4v) is 15.0. The van der Waals surface area contributed by atoms with Gasteiger partial charge in [0.15, 0.2) is 0 Å². The van der Waals surface area contributed by atoms with Crippen molar-refractivity contribution >= 4 is 79.2 Å². The van der Waals surface area contributed by atoms with Gasteiger partial charge in [-0.3, -0.25) is 0 Å². The van der Waals surface area contributed by atoms with Crippen LogP contribution < -0.4 is 26.2 Å². The maximum atomic E-state index is 7.22. The molecule has 7 aromatic carbocycles. The molecule has 0 fully saturated rings. The highest BCUT2D eigenvalue weighted by Crippen LogP contribution is 2.56. The van der Waals surface area contributed by atoms with Gasteiger partial charge < -0.3 is 14.2 Å². The number of fused-ring (bicyclic) bond motifs is 11. The molecular weight excluding hydrogens is 896 g/mol. The Morgan fingerprint density at radius 2 is 0.892 bits per heavy atom. The van der Waals surface area contributed by atoms with E-state index in [1.54, 1.807) is 0 Å². The van der Waals surface area contributed by atoms with E-state index in [0.717, 1.165) is 30.4 Å². The highest BCUT2D eigenvalue weighted by Gasteiger charge is 2.48. The summed E-state index contributed by atoms with van der Waals surface area (Å²) in [6.45, 7) is 38.8. The molecule has 3 heterocycles. The summed E-state index contributed by atoms with van der Waals surface area (Å²) in [5, 5.41) is 2.45. The Bertz CT molecular complexity index is 3760. The fraction of sp³-hybridized carbons (Fsp3) is 0.400. The maximum Gasteiger partial charge on any atom is 0.252 e. The first-order valence-electron chi connectivity index (χ1n) is 28.1. The summed E-state index contributed by atoms with van der Waals surface area (Å²) in [6, 6.07) is 41.5. The third-order valence-corrected chi connectivity index (χ3v) is 20.1. The molecule has 0 bridgehead atoms. The number of aryl methyl sites for hydroxylation is 4. The first kappa shape index (κ1) is 47.7. The van der Waals surface area contributed by atoms with E-state index in [1.165, 1.54) is 147 Å². The lowest BCUT2D eigenvalue weighted by Gasteiger charge is -2.47. The second-order valence-corrected chi connectivity index (χ2v) is 28.0. The predicted molar refractivity (Wildman–Crippen MR) is 318 cm³/mol. The average Bonchev–Trinajstić information content (AvgIpc) is 3.75. The molecule has 0 N–H and O–H groups in total. The van der Waals surface area contributed by atoms with E-state index in [2.05, 4.69) is 224 Å². The van der Waals surface area contributed by atoms with E-state index >= 15 is 0 Å². The largest absolute Gasteiger partial charge is 0.456 e. The zero-order valence-electron chi connectivity index (χ0n) is 47.4. The highest BCUT2D eigenvalue weighted by molar-refractivity contribution is 7.00. The van der Waals surface area contributed by atoms with Crippen LogP contribution in [0.1, 0.15) is 177 Å². The van der Waals surface area contributed by atoms with E-state index in [-0.39, 0.29) is 39.2 Å². The third-order valence-electron chi connectivity index (χ3n) is 20.1. The minimum absolute atomic E-state index is 0.0281. The summed E-state index contributed by atoms with van der Waals surface area (Å²) < 4.78 is 7.22. The number of furan rings is 1. The average molecular weight is 973 g/mol. The van der Waals surface area contributed by atoms with Crippen molar-refractivity contribution in [2.24, 2.45) is 0 Å². The van der Waals surface area contributed by atoms with Gasteiger partial charge in [0, 0.05) is 33.8 Å². The van der Waals surface area contributed by atoms with Gasteiger partial charge in [0.2, 0.25) is 0 Å². The molecule has 1 aromatic heterocycles. The van der Waals surface area contributed by atoms with Gasteiger partial charge in [-0.05, 0) is 230 Å². The topological polar surface area (TPSA) is 19.6 Å². The van der Waals surface area contributed by atoms with Crippen LogP contribution in [0.2, 0.25) is 0 Å². The molecule has 8 aromatic rings. The van der Waals surface area contributed by atoms with Crippen LogP contribution >= 0.6 is 0 Å². The van der Waals surface area contributed by atoms with Crippen molar-refractivity contribution in [2.75, 3.05) is 9.80 Å². The molecule has 0 spiro atoms. The van der Waals surface area contributed by atoms with E-state index in [9.17, 15) is 0 Å². The van der Waals surface area contributed by atoms with Crippen molar-refractivity contribution < 1.29 is 4.42 Å². The van der Waals surface area contributed by atoms with Gasteiger partial charge in [-0.1, -0.05) is 138 Å². The van der Waals surface area contributed by atoms with Crippen molar-refractivity contribution in [3.63, 3.8) is 0 Å². The first-order valence-corrected chi connectivity index (χ1v) is 28.1. The van der Waals surface area contributed by atoms with Crippen molar-refractivity contribution in [1.29, 1.82) is 0 Å². The molecule has 13 rings (SSSR count). The summed E-state index contributed by atoms with van der Waals surface area (Å²) in [6.07, 6.45) is 7.02. The Morgan fingerprint density at radius 1 is 0.405 bits per heavy atom. The summed E-state index contributed by atoms with van der Waals surface area (Å²) in [7, 11) is 0. The Kier molecular flexibility index (Phi) is 9.88. The molecule has 3 aliphatic carbocycles. The Hall–Kier alpha value is -6.00. The Balaban J connectivity index is 1.18. The van der Waals surface area contributed by atoms with Gasteiger partial charge in [0.05, 0.1) is 11.1 Å². The van der Waals surface area contributed by atoms with Crippen LogP contribution in [-0.2, 0) is 32.5 Å². The molecule has 0 saturated carbocycles. The number of hydrogen-bond acceptors (Lipinski definition) is 3. The lowest BCUT2D eigenvalue weighted by molar-refractivity contribution is 0.332. The van der Waals surface area contributed by atoms with Gasteiger partial charge in [-0.25, -0.2) is 0 Å². The quantitative estimate of drug-likeness (QED) is 0.165. The van der Waals surface area contributed by atoms with Crippen molar-refractivity contribution in [2.45, 2.75) is 182 Å². The Morgan fingerprint density at radius 3 is 1.45 bits per heavy atom. The smallest absolute Gasteiger partial charge is 0.252 e. The molecule has 0 atom stereocenters. The van der Waals surface area contributed by atoms with E-state index in [4.69, 9.17) is 4.42 Å². The SMILES string of the molecule is Cc1cc2c3c(c1)N(c1cc4c(cc1C)C(C)(C)CCC4(C)C)c1c(ccc4oc5cc6c(cc5c14)C(C)(C)CCC6(C)C)B3c1cc(-c3ccccc3C)ccc1N2c1cc2c(cc1C)C(C)(C)CCC2(C)C. The molecule has 0 saturated heterocycles. The summed E-state index contributed by atoms with van der Waals surface area (Å²) in [5.74, 6) is 0. The first-order chi connectivity index (χ1) is 34.8. The third kappa shape index (κ3) is 6.70. The molecule has 376 valence electrons. The molecule has 4 heteroatoms. The van der Waals surface area contributed by atoms with Crippen molar-refractivity contribution in [3.8, 4) is 11.1 Å². The molecule has 0 amide bonds. The molecule has 0 radical (unpaired) electrons. The maximum absolute atomic E-state index is 7.22. The number of hydrogen-bond donors (Lipinski definition) is 0. The van der Waals surface area contributed by atoms with Crippen LogP contribution in [0.5, 0.6) is 0 Å². The molecule has 2 aliphatic heterocycles. The monoisotopic (exact) mass is 973 g/mol. The summed E-state index contributed by atoms with van der Waals surface area (Å²) in [5.41, 5.74) is 30.6. The zero-order valence-corrected chi connectivity index (χ0v) is 47.4. The van der Waals surface area contributed by atoms with Gasteiger partial charge in [-0.15, -0.1) is 0 Å². The summed E-state index contributed by atoms with van der Waals surface area (Å²) in [4.78, 5) is 5.42. The van der Waals surface area contributed by atoms with Crippen molar-refractivity contribution in [1.82, 2.24) is 0 Å². The molecule has 5 aliphatic rings. The minimum Gasteiger partial charge on any atom is -0.456 e. The second kappa shape index (κ2) is 15.3. The second-order valence-electron chi connectivity index (χ2n) is 28.0. The van der Waals surface area contributed by atoms with Gasteiger partial charge in [0.25, 0.3) is 6.71 Å². The number of nitrogens with zero attached hydrogens (tertiary/aromatic N) is 2. The number of rotatable bonds is 3. The lowest BCUT2D eigenvalue weighted by Crippen LogP contribution is -2.61. The molecular formula is C70H77BN2O. The van der Waals surface area contributed by atoms with E-state index in [1.807, 2.05) is 0 Å². The normalized spacial score (nSPS) is 19.9. The highest BCUT2D eigenvalue weighted by atomic mass is 16.3. The van der Waals surface area contributed by atoms with E-state index < -0.39 is 0 Å². The van der Waals surface area contributed by atoms with Crippen LogP contribution in [0.4, 0.5) is 34.1 Å². The van der Waals surface area contributed by atoms with Crippen molar-refractivity contribution in [3.05, 3.63) is 159 Å². The van der Waals surface area contributed by atoms with Crippen LogP contribution in [0.25, 0.3) is 33.1 Å². The predicted octanol–water partition coefficient (Wildman–Crippen LogP) is 17.6. The number of anilines is 6. The standard InChI is InChI=1S/C70H77BN2O/c1-40-31-58-63-59(32-40)73(57-38-51-48(34-43(57)4)66(7,8)26-29-69(51,13)14)64-53(22-24-60-62(64)46-36-49-52(39-61(46)74-60)70(15,16)30-27-67(49,9)10)71(63)54-35-44(45-20-18-17-19-41(45)2)21-23-55(54)72(58)56-37-50-47(33-42(56)3)65(5,6)25-28-68(50,11)12/h17-24,31-39H,25-30H2,1-16H3. The minimum atomic E-state index is -0.0500. The van der Waals surface area contributed by atoms with E-state index in [0.29, 0.717) is 0 Å². The number of benzene rings is 7. The molecule has 3 nitrogen and oxygen atoms in total. The lowest BCUT2D eigenvalue weighted by atomic mass is 9.33. The fourth-order valence-electron chi connectivity index (χ4n) is 15.0. The van der Waals surface area contributed by atoms with Crippen LogP contribution in [0.15, 0.2) is 108 Å².